The maximum Gasteiger partial charge on any atom is 0.320 e. The molecule has 20 heavy (non-hydrogen) atoms. The molecule has 0 bridgehead atoms. The number of ether oxygens (including phenoxy) is 1. The fourth-order valence-corrected chi connectivity index (χ4v) is 4.56. The van der Waals surface area contributed by atoms with Crippen molar-refractivity contribution in [3.05, 3.63) is 28.7 Å². The zero-order chi connectivity index (χ0) is 14.6. The van der Waals surface area contributed by atoms with Crippen LogP contribution < -0.4 is 5.30 Å². The number of nitrogens with zero attached hydrogens (tertiary/aromatic N) is 1. The van der Waals surface area contributed by atoms with Crippen molar-refractivity contribution in [1.82, 2.24) is 4.67 Å². The molecule has 1 fully saturated rings. The summed E-state index contributed by atoms with van der Waals surface area (Å²) in [5.74, 6) is -0.379. The Morgan fingerprint density at radius 3 is 2.80 bits per heavy atom. The first-order chi connectivity index (χ1) is 9.56. The summed E-state index contributed by atoms with van der Waals surface area (Å²) in [6.07, 6.45) is 0.750. The highest BCUT2D eigenvalue weighted by Gasteiger charge is 2.38. The number of hydrogen-bond donors (Lipinski definition) is 0. The Hall–Kier alpha value is -0.680. The van der Waals surface area contributed by atoms with Gasteiger partial charge in [-0.15, -0.1) is 0 Å². The van der Waals surface area contributed by atoms with Crippen LogP contribution in [-0.4, -0.2) is 36.9 Å². The van der Waals surface area contributed by atoms with Crippen LogP contribution in [0.4, 0.5) is 0 Å². The minimum atomic E-state index is -3.16. The predicted molar refractivity (Wildman–Crippen MR) is 80.2 cm³/mol. The molecule has 1 aromatic carbocycles. The highest BCUT2D eigenvalue weighted by molar-refractivity contribution is 9.10. The minimum absolute atomic E-state index is 0.0127. The summed E-state index contributed by atoms with van der Waals surface area (Å²) >= 11 is 3.34. The molecule has 0 N–H and O–H groups in total. The number of halogens is 1. The summed E-state index contributed by atoms with van der Waals surface area (Å²) in [6.45, 7) is 3.05. The van der Waals surface area contributed by atoms with E-state index < -0.39 is 7.52 Å². The lowest BCUT2D eigenvalue weighted by molar-refractivity contribution is -0.143. The summed E-state index contributed by atoms with van der Waals surface area (Å²) in [5.41, 5.74) is 0. The van der Waals surface area contributed by atoms with E-state index in [0.717, 1.165) is 10.9 Å². The molecule has 0 spiro atoms. The first kappa shape index (κ1) is 15.7. The third-order valence-electron chi connectivity index (χ3n) is 2.97. The number of rotatable bonds is 4. The second-order valence-electron chi connectivity index (χ2n) is 4.38. The van der Waals surface area contributed by atoms with Crippen molar-refractivity contribution >= 4 is 34.7 Å². The second kappa shape index (κ2) is 6.85. The minimum Gasteiger partial charge on any atom is -0.465 e. The molecule has 2 rings (SSSR count). The molecule has 1 atom stereocenters. The van der Waals surface area contributed by atoms with Crippen molar-refractivity contribution in [3.63, 3.8) is 0 Å². The smallest absolute Gasteiger partial charge is 0.320 e. The van der Waals surface area contributed by atoms with Gasteiger partial charge in [0.15, 0.2) is 0 Å². The van der Waals surface area contributed by atoms with Crippen LogP contribution >= 0.6 is 23.4 Å². The standard InChI is InChI=1S/C13H17BrNO4P/c1-2-18-13(16)10-15-8-3-9-19-20(15,17)12-6-4-11(14)5-7-12/h4-7H,2-3,8-10H2,1H3. The van der Waals surface area contributed by atoms with E-state index in [2.05, 4.69) is 15.9 Å². The first-order valence-corrected chi connectivity index (χ1v) is 8.85. The highest BCUT2D eigenvalue weighted by Crippen LogP contribution is 2.51. The van der Waals surface area contributed by atoms with Crippen molar-refractivity contribution in [2.24, 2.45) is 0 Å². The summed E-state index contributed by atoms with van der Waals surface area (Å²) < 4.78 is 26.1. The Bertz CT molecular complexity index is 520. The van der Waals surface area contributed by atoms with E-state index in [1.807, 2.05) is 12.1 Å². The molecule has 1 unspecified atom stereocenters. The van der Waals surface area contributed by atoms with Crippen molar-refractivity contribution in [1.29, 1.82) is 0 Å². The molecule has 110 valence electrons. The SMILES string of the molecule is CCOC(=O)CN1CCCOP1(=O)c1ccc(Br)cc1. The van der Waals surface area contributed by atoms with Crippen LogP contribution in [0.15, 0.2) is 28.7 Å². The number of esters is 1. The van der Waals surface area contributed by atoms with Gasteiger partial charge in [-0.3, -0.25) is 9.36 Å². The Kier molecular flexibility index (Phi) is 5.38. The zero-order valence-corrected chi connectivity index (χ0v) is 13.7. The Labute approximate surface area is 126 Å². The lowest BCUT2D eigenvalue weighted by Gasteiger charge is -2.34. The average molecular weight is 362 g/mol. The van der Waals surface area contributed by atoms with Gasteiger partial charge in [0.25, 0.3) is 0 Å². The van der Waals surface area contributed by atoms with E-state index in [-0.39, 0.29) is 12.5 Å². The van der Waals surface area contributed by atoms with Gasteiger partial charge in [0.1, 0.15) is 6.54 Å². The molecule has 1 aromatic rings. The molecule has 0 aromatic heterocycles. The van der Waals surface area contributed by atoms with Gasteiger partial charge in [0, 0.05) is 11.0 Å². The van der Waals surface area contributed by atoms with Gasteiger partial charge in [0.2, 0.25) is 0 Å². The molecular formula is C13H17BrNO4P. The van der Waals surface area contributed by atoms with Crippen molar-refractivity contribution in [2.75, 3.05) is 26.3 Å². The Morgan fingerprint density at radius 1 is 1.45 bits per heavy atom. The Morgan fingerprint density at radius 2 is 2.15 bits per heavy atom. The molecule has 5 nitrogen and oxygen atoms in total. The van der Waals surface area contributed by atoms with Gasteiger partial charge >= 0.3 is 13.5 Å². The molecular weight excluding hydrogens is 345 g/mol. The number of carbonyl (C=O) groups is 1. The van der Waals surface area contributed by atoms with Crippen LogP contribution in [0.5, 0.6) is 0 Å². The summed E-state index contributed by atoms with van der Waals surface area (Å²) in [7, 11) is -3.16. The van der Waals surface area contributed by atoms with Gasteiger partial charge in [-0.05, 0) is 37.6 Å². The summed E-state index contributed by atoms with van der Waals surface area (Å²) in [4.78, 5) is 11.6. The summed E-state index contributed by atoms with van der Waals surface area (Å²) in [6, 6.07) is 7.15. The molecule has 0 saturated carbocycles. The molecule has 0 amide bonds. The number of benzene rings is 1. The lowest BCUT2D eigenvalue weighted by atomic mass is 10.4. The quantitative estimate of drug-likeness (QED) is 0.609. The third-order valence-corrected chi connectivity index (χ3v) is 6.07. The molecule has 1 aliphatic heterocycles. The molecule has 1 aliphatic rings. The fourth-order valence-electron chi connectivity index (χ4n) is 2.04. The predicted octanol–water partition coefficient (Wildman–Crippen LogP) is 2.55. The van der Waals surface area contributed by atoms with E-state index >= 15 is 0 Å². The second-order valence-corrected chi connectivity index (χ2v) is 7.67. The van der Waals surface area contributed by atoms with Crippen molar-refractivity contribution < 1.29 is 18.6 Å². The molecule has 1 saturated heterocycles. The van der Waals surface area contributed by atoms with E-state index in [9.17, 15) is 9.36 Å². The van der Waals surface area contributed by atoms with Gasteiger partial charge in [-0.2, -0.15) is 0 Å². The number of hydrogen-bond acceptors (Lipinski definition) is 4. The third kappa shape index (κ3) is 3.50. The molecule has 0 aliphatic carbocycles. The lowest BCUT2D eigenvalue weighted by Crippen LogP contribution is -2.37. The number of carbonyl (C=O) groups excluding carboxylic acids is 1. The van der Waals surface area contributed by atoms with Crippen LogP contribution in [0.25, 0.3) is 0 Å². The van der Waals surface area contributed by atoms with Gasteiger partial charge in [0.05, 0.1) is 18.5 Å². The van der Waals surface area contributed by atoms with E-state index in [0.29, 0.717) is 25.1 Å². The van der Waals surface area contributed by atoms with Gasteiger partial charge in [-0.25, -0.2) is 4.67 Å². The largest absolute Gasteiger partial charge is 0.465 e. The Balaban J connectivity index is 2.22. The molecule has 1 heterocycles. The van der Waals surface area contributed by atoms with Crippen LogP contribution in [0, 0.1) is 0 Å². The van der Waals surface area contributed by atoms with Crippen molar-refractivity contribution in [3.8, 4) is 0 Å². The monoisotopic (exact) mass is 361 g/mol. The van der Waals surface area contributed by atoms with E-state index in [1.165, 1.54) is 0 Å². The van der Waals surface area contributed by atoms with Gasteiger partial charge < -0.3 is 9.26 Å². The molecule has 7 heteroatoms. The van der Waals surface area contributed by atoms with Crippen LogP contribution in [-0.2, 0) is 18.6 Å². The molecule has 0 radical (unpaired) electrons. The highest BCUT2D eigenvalue weighted by atomic mass is 79.9. The van der Waals surface area contributed by atoms with Crippen LogP contribution in [0.3, 0.4) is 0 Å². The first-order valence-electron chi connectivity index (χ1n) is 6.48. The van der Waals surface area contributed by atoms with E-state index in [1.54, 1.807) is 23.7 Å². The maximum absolute atomic E-state index is 13.1. The van der Waals surface area contributed by atoms with Crippen molar-refractivity contribution in [2.45, 2.75) is 13.3 Å². The van der Waals surface area contributed by atoms with Crippen LogP contribution in [0.2, 0.25) is 0 Å². The summed E-state index contributed by atoms with van der Waals surface area (Å²) in [5, 5.41) is 0.602. The van der Waals surface area contributed by atoms with E-state index in [4.69, 9.17) is 9.26 Å². The zero-order valence-electron chi connectivity index (χ0n) is 11.3. The topological polar surface area (TPSA) is 55.8 Å². The maximum atomic E-state index is 13.1. The van der Waals surface area contributed by atoms with Crippen LogP contribution in [0.1, 0.15) is 13.3 Å². The average Bonchev–Trinajstić information content (AvgIpc) is 2.42. The van der Waals surface area contributed by atoms with Gasteiger partial charge in [-0.1, -0.05) is 15.9 Å². The normalized spacial score (nSPS) is 23.5. The fraction of sp³-hybridized carbons (Fsp3) is 0.462.